The van der Waals surface area contributed by atoms with E-state index in [1.54, 1.807) is 11.3 Å². The van der Waals surface area contributed by atoms with Crippen molar-refractivity contribution in [2.45, 2.75) is 31.9 Å². The van der Waals surface area contributed by atoms with Crippen LogP contribution in [-0.4, -0.2) is 66.6 Å². The lowest BCUT2D eigenvalue weighted by Gasteiger charge is -2.33. The summed E-state index contributed by atoms with van der Waals surface area (Å²) in [6, 6.07) is 0. The van der Waals surface area contributed by atoms with Gasteiger partial charge in [-0.1, -0.05) is 0 Å². The maximum atomic E-state index is 11.4. The van der Waals surface area contributed by atoms with Gasteiger partial charge in [0.25, 0.3) is 0 Å². The number of carbonyl (C=O) groups excluding carboxylic acids is 1. The number of aromatic nitrogens is 1. The lowest BCUT2D eigenvalue weighted by molar-refractivity contribution is -0.120. The molecule has 1 aromatic heterocycles. The molecule has 1 amide bonds. The van der Waals surface area contributed by atoms with Gasteiger partial charge in [-0.15, -0.1) is 11.3 Å². The summed E-state index contributed by atoms with van der Waals surface area (Å²) in [4.78, 5) is 21.8. The molecule has 122 valence electrons. The highest BCUT2D eigenvalue weighted by molar-refractivity contribution is 7.11. The summed E-state index contributed by atoms with van der Waals surface area (Å²) in [6.45, 7) is 4.27. The Morgan fingerprint density at radius 2 is 2.41 bits per heavy atom. The molecule has 1 fully saturated rings. The molecule has 1 aromatic rings. The van der Waals surface area contributed by atoms with Crippen molar-refractivity contribution in [1.82, 2.24) is 14.8 Å². The van der Waals surface area contributed by atoms with E-state index >= 15 is 0 Å². The van der Waals surface area contributed by atoms with E-state index in [2.05, 4.69) is 16.8 Å². The molecule has 2 N–H and O–H groups in total. The number of carbonyl (C=O) groups is 1. The number of amides is 1. The minimum atomic E-state index is -0.298. The molecule has 0 aromatic carbocycles. The fraction of sp³-hybridized carbons (Fsp3) is 0.733. The van der Waals surface area contributed by atoms with Crippen molar-refractivity contribution in [3.05, 3.63) is 15.6 Å². The van der Waals surface area contributed by atoms with Crippen LogP contribution in [0.5, 0.6) is 0 Å². The third-order valence-electron chi connectivity index (χ3n) is 4.18. The molecule has 0 radical (unpaired) electrons. The van der Waals surface area contributed by atoms with Gasteiger partial charge in [-0.2, -0.15) is 0 Å². The molecule has 0 spiro atoms. The van der Waals surface area contributed by atoms with Gasteiger partial charge in [0.15, 0.2) is 0 Å². The Morgan fingerprint density at radius 1 is 1.55 bits per heavy atom. The van der Waals surface area contributed by atoms with Crippen molar-refractivity contribution in [3.8, 4) is 0 Å². The number of fused-ring (bicyclic) bond motifs is 1. The minimum Gasteiger partial charge on any atom is -0.374 e. The first-order chi connectivity index (χ1) is 10.6. The van der Waals surface area contributed by atoms with E-state index in [9.17, 15) is 4.79 Å². The van der Waals surface area contributed by atoms with Crippen LogP contribution < -0.4 is 5.73 Å². The smallest absolute Gasteiger partial charge is 0.231 e. The van der Waals surface area contributed by atoms with Gasteiger partial charge in [-0.25, -0.2) is 4.98 Å². The lowest BCUT2D eigenvalue weighted by Crippen LogP contribution is -2.47. The molecule has 3 rings (SSSR count). The second kappa shape index (κ2) is 7.04. The highest BCUT2D eigenvalue weighted by atomic mass is 32.1. The zero-order valence-corrected chi connectivity index (χ0v) is 13.9. The number of morpholine rings is 1. The highest BCUT2D eigenvalue weighted by Crippen LogP contribution is 2.28. The van der Waals surface area contributed by atoms with Gasteiger partial charge < -0.3 is 15.4 Å². The number of primary amides is 1. The molecular formula is C15H24N4O2S. The van der Waals surface area contributed by atoms with Crippen molar-refractivity contribution >= 4 is 17.2 Å². The Labute approximate surface area is 135 Å². The quantitative estimate of drug-likeness (QED) is 0.812. The zero-order valence-electron chi connectivity index (χ0n) is 13.1. The number of hydrogen-bond acceptors (Lipinski definition) is 6. The Balaban J connectivity index is 1.62. The fourth-order valence-electron chi connectivity index (χ4n) is 3.17. The van der Waals surface area contributed by atoms with E-state index in [4.69, 9.17) is 15.5 Å². The van der Waals surface area contributed by atoms with Crippen LogP contribution in [0.2, 0.25) is 0 Å². The van der Waals surface area contributed by atoms with Gasteiger partial charge in [-0.3, -0.25) is 9.69 Å². The van der Waals surface area contributed by atoms with E-state index in [0.717, 1.165) is 44.1 Å². The molecule has 1 saturated heterocycles. The average Bonchev–Trinajstić information content (AvgIpc) is 2.98. The molecule has 22 heavy (non-hydrogen) atoms. The number of aryl methyl sites for hydroxylation is 2. The lowest BCUT2D eigenvalue weighted by atomic mass is 10.2. The van der Waals surface area contributed by atoms with Crippen molar-refractivity contribution < 1.29 is 9.53 Å². The van der Waals surface area contributed by atoms with Crippen LogP contribution in [0.25, 0.3) is 0 Å². The third kappa shape index (κ3) is 4.04. The van der Waals surface area contributed by atoms with Crippen LogP contribution in [0.15, 0.2) is 0 Å². The summed E-state index contributed by atoms with van der Waals surface area (Å²) >= 11 is 1.78. The first-order valence-electron chi connectivity index (χ1n) is 7.88. The standard InChI is InChI=1S/C15H24N4O2S/c1-18-5-6-21-11(7-18)8-19(9-14(16)20)10-15-17-12-3-2-4-13(12)22-15/h11H,2-10H2,1H3,(H2,16,20)/t11-/m1/s1. The number of ether oxygens (including phenoxy) is 1. The Kier molecular flexibility index (Phi) is 5.07. The molecule has 0 bridgehead atoms. The van der Waals surface area contributed by atoms with Crippen molar-refractivity contribution in [3.63, 3.8) is 0 Å². The van der Waals surface area contributed by atoms with E-state index in [0.29, 0.717) is 6.54 Å². The third-order valence-corrected chi connectivity index (χ3v) is 5.32. The summed E-state index contributed by atoms with van der Waals surface area (Å²) in [5, 5.41) is 1.09. The van der Waals surface area contributed by atoms with E-state index in [1.807, 2.05) is 0 Å². The monoisotopic (exact) mass is 324 g/mol. The molecule has 6 nitrogen and oxygen atoms in total. The number of nitrogens with zero attached hydrogens (tertiary/aromatic N) is 3. The van der Waals surface area contributed by atoms with Gasteiger partial charge in [0.05, 0.1) is 31.5 Å². The molecule has 2 heterocycles. The van der Waals surface area contributed by atoms with Crippen LogP contribution >= 0.6 is 11.3 Å². The number of thiazole rings is 1. The van der Waals surface area contributed by atoms with Crippen LogP contribution in [0.1, 0.15) is 22.0 Å². The first kappa shape index (κ1) is 15.9. The van der Waals surface area contributed by atoms with Crippen LogP contribution in [0, 0.1) is 0 Å². The maximum absolute atomic E-state index is 11.4. The fourth-order valence-corrected chi connectivity index (χ4v) is 4.37. The predicted molar refractivity (Wildman–Crippen MR) is 85.8 cm³/mol. The molecule has 0 unspecified atom stereocenters. The highest BCUT2D eigenvalue weighted by Gasteiger charge is 2.23. The van der Waals surface area contributed by atoms with Crippen LogP contribution in [-0.2, 0) is 28.9 Å². The van der Waals surface area contributed by atoms with Crippen molar-refractivity contribution in [1.29, 1.82) is 0 Å². The van der Waals surface area contributed by atoms with E-state index in [-0.39, 0.29) is 18.6 Å². The zero-order chi connectivity index (χ0) is 15.5. The average molecular weight is 324 g/mol. The SMILES string of the molecule is CN1CCO[C@@H](CN(CC(N)=O)Cc2nc3c(s2)CCC3)C1. The summed E-state index contributed by atoms with van der Waals surface area (Å²) in [6.07, 6.45) is 3.60. The molecule has 0 saturated carbocycles. The summed E-state index contributed by atoms with van der Waals surface area (Å²) in [5.41, 5.74) is 6.66. The molecule has 1 aliphatic carbocycles. The number of rotatable bonds is 6. The van der Waals surface area contributed by atoms with Crippen molar-refractivity contribution in [2.24, 2.45) is 5.73 Å². The largest absolute Gasteiger partial charge is 0.374 e. The van der Waals surface area contributed by atoms with Crippen molar-refractivity contribution in [2.75, 3.05) is 39.8 Å². The van der Waals surface area contributed by atoms with Gasteiger partial charge >= 0.3 is 0 Å². The second-order valence-corrected chi connectivity index (χ2v) is 7.39. The Morgan fingerprint density at radius 3 is 3.14 bits per heavy atom. The topological polar surface area (TPSA) is 71.7 Å². The molecule has 7 heteroatoms. The minimum absolute atomic E-state index is 0.130. The van der Waals surface area contributed by atoms with Crippen LogP contribution in [0.4, 0.5) is 0 Å². The normalized spacial score (nSPS) is 22.2. The summed E-state index contributed by atoms with van der Waals surface area (Å²) in [5.74, 6) is -0.298. The molecule has 1 atom stereocenters. The second-order valence-electron chi connectivity index (χ2n) is 6.22. The van der Waals surface area contributed by atoms with Gasteiger partial charge in [-0.05, 0) is 26.3 Å². The number of hydrogen-bond donors (Lipinski definition) is 1. The molecule has 2 aliphatic rings. The molecule has 1 aliphatic heterocycles. The van der Waals surface area contributed by atoms with E-state index in [1.165, 1.54) is 17.0 Å². The summed E-state index contributed by atoms with van der Waals surface area (Å²) in [7, 11) is 2.10. The Bertz CT molecular complexity index is 512. The predicted octanol–water partition coefficient (Wildman–Crippen LogP) is 0.250. The van der Waals surface area contributed by atoms with Crippen LogP contribution in [0.3, 0.4) is 0 Å². The van der Waals surface area contributed by atoms with E-state index < -0.39 is 0 Å². The number of likely N-dealkylation sites (N-methyl/N-ethyl adjacent to an activating group) is 1. The molecular weight excluding hydrogens is 300 g/mol. The number of nitrogens with two attached hydrogens (primary N) is 1. The van der Waals surface area contributed by atoms with Gasteiger partial charge in [0.1, 0.15) is 5.01 Å². The first-order valence-corrected chi connectivity index (χ1v) is 8.70. The van der Waals surface area contributed by atoms with Gasteiger partial charge in [0, 0.05) is 24.5 Å². The van der Waals surface area contributed by atoms with Gasteiger partial charge in [0.2, 0.25) is 5.91 Å². The summed E-state index contributed by atoms with van der Waals surface area (Å²) < 4.78 is 5.81. The Hall–Kier alpha value is -1.02. The maximum Gasteiger partial charge on any atom is 0.231 e.